The van der Waals surface area contributed by atoms with Crippen LogP contribution in [0.15, 0.2) is 43.0 Å². The van der Waals surface area contributed by atoms with E-state index in [1.165, 1.54) is 17.2 Å². The van der Waals surface area contributed by atoms with Gasteiger partial charge in [0.15, 0.2) is 17.0 Å². The van der Waals surface area contributed by atoms with E-state index >= 15 is 0 Å². The number of hydrogen-bond acceptors (Lipinski definition) is 4. The van der Waals surface area contributed by atoms with Crippen LogP contribution < -0.4 is 5.32 Å². The van der Waals surface area contributed by atoms with Gasteiger partial charge in [-0.15, -0.1) is 0 Å². The van der Waals surface area contributed by atoms with Gasteiger partial charge < -0.3 is 5.32 Å². The zero-order chi connectivity index (χ0) is 17.3. The first kappa shape index (κ1) is 17.2. The van der Waals surface area contributed by atoms with Gasteiger partial charge in [0.2, 0.25) is 3.79 Å². The number of nitrogens with zero attached hydrogens (tertiary/aromatic N) is 4. The van der Waals surface area contributed by atoms with Crippen molar-refractivity contribution in [2.75, 3.05) is 0 Å². The molecule has 3 rings (SSSR count). The molecule has 1 aromatic carbocycles. The number of halogens is 4. The fourth-order valence-electron chi connectivity index (χ4n) is 2.12. The second kappa shape index (κ2) is 6.72. The van der Waals surface area contributed by atoms with Crippen LogP contribution in [0.3, 0.4) is 0 Å². The highest BCUT2D eigenvalue weighted by atomic mass is 35.6. The van der Waals surface area contributed by atoms with E-state index < -0.39 is 15.9 Å². The molecule has 1 atom stereocenters. The standard InChI is InChI=1S/C14H9Cl4N5O/c15-10-9-11(20-6-19-10)23(7-21-9)13(14(16,17)18)22-12(24)8-4-2-1-3-5-8/h1-7,13H,(H,22,24). The summed E-state index contributed by atoms with van der Waals surface area (Å²) in [5, 5.41) is 2.84. The molecular formula is C14H9Cl4N5O. The molecule has 0 spiro atoms. The number of alkyl halides is 3. The number of amides is 1. The molecule has 2 aromatic heterocycles. The largest absolute Gasteiger partial charge is 0.328 e. The Morgan fingerprint density at radius 2 is 1.83 bits per heavy atom. The van der Waals surface area contributed by atoms with E-state index in [4.69, 9.17) is 46.4 Å². The fourth-order valence-corrected chi connectivity index (χ4v) is 2.77. The maximum atomic E-state index is 12.4. The Kier molecular flexibility index (Phi) is 4.83. The van der Waals surface area contributed by atoms with Gasteiger partial charge in [0.1, 0.15) is 11.8 Å². The van der Waals surface area contributed by atoms with Crippen molar-refractivity contribution in [3.05, 3.63) is 53.7 Å². The van der Waals surface area contributed by atoms with Gasteiger partial charge in [-0.25, -0.2) is 15.0 Å². The van der Waals surface area contributed by atoms with Crippen LogP contribution in [0.4, 0.5) is 0 Å². The number of rotatable bonds is 3. The molecule has 1 unspecified atom stereocenters. The first-order valence-electron chi connectivity index (χ1n) is 6.63. The lowest BCUT2D eigenvalue weighted by Crippen LogP contribution is -2.40. The molecule has 0 radical (unpaired) electrons. The Morgan fingerprint density at radius 3 is 2.50 bits per heavy atom. The van der Waals surface area contributed by atoms with Gasteiger partial charge >= 0.3 is 0 Å². The topological polar surface area (TPSA) is 72.7 Å². The number of imidazole rings is 1. The van der Waals surface area contributed by atoms with Gasteiger partial charge in [-0.1, -0.05) is 64.6 Å². The van der Waals surface area contributed by atoms with Crippen LogP contribution in [0, 0.1) is 0 Å². The predicted molar refractivity (Wildman–Crippen MR) is 93.6 cm³/mol. The van der Waals surface area contributed by atoms with E-state index in [2.05, 4.69) is 20.3 Å². The van der Waals surface area contributed by atoms with Gasteiger partial charge in [0.05, 0.1) is 6.33 Å². The Balaban J connectivity index is 2.01. The average Bonchev–Trinajstić information content (AvgIpc) is 2.97. The van der Waals surface area contributed by atoms with Gasteiger partial charge in [0.25, 0.3) is 5.91 Å². The van der Waals surface area contributed by atoms with Crippen molar-refractivity contribution in [1.29, 1.82) is 0 Å². The average molecular weight is 405 g/mol. The fraction of sp³-hybridized carbons (Fsp3) is 0.143. The lowest BCUT2D eigenvalue weighted by Gasteiger charge is -2.26. The quantitative estimate of drug-likeness (QED) is 0.532. The van der Waals surface area contributed by atoms with E-state index in [1.54, 1.807) is 30.3 Å². The number of fused-ring (bicyclic) bond motifs is 1. The molecule has 0 aliphatic carbocycles. The van der Waals surface area contributed by atoms with Crippen molar-refractivity contribution in [3.63, 3.8) is 0 Å². The molecule has 124 valence electrons. The van der Waals surface area contributed by atoms with Gasteiger partial charge in [0, 0.05) is 5.56 Å². The third-order valence-electron chi connectivity index (χ3n) is 3.21. The van der Waals surface area contributed by atoms with Gasteiger partial charge in [-0.05, 0) is 12.1 Å². The van der Waals surface area contributed by atoms with Crippen LogP contribution in [0.5, 0.6) is 0 Å². The maximum absolute atomic E-state index is 12.4. The Hall–Kier alpha value is -1.60. The van der Waals surface area contributed by atoms with E-state index in [-0.39, 0.29) is 5.15 Å². The molecule has 2 heterocycles. The summed E-state index contributed by atoms with van der Waals surface area (Å²) in [7, 11) is 0. The summed E-state index contributed by atoms with van der Waals surface area (Å²) in [5.41, 5.74) is 1.10. The Bertz CT molecular complexity index is 878. The van der Waals surface area contributed by atoms with Crippen molar-refractivity contribution in [2.24, 2.45) is 0 Å². The predicted octanol–water partition coefficient (Wildman–Crippen LogP) is 3.78. The third-order valence-corrected chi connectivity index (χ3v) is 4.10. The van der Waals surface area contributed by atoms with E-state index in [0.29, 0.717) is 16.7 Å². The lowest BCUT2D eigenvalue weighted by atomic mass is 10.2. The van der Waals surface area contributed by atoms with Crippen molar-refractivity contribution in [3.8, 4) is 0 Å². The highest BCUT2D eigenvalue weighted by molar-refractivity contribution is 6.68. The van der Waals surface area contributed by atoms with Gasteiger partial charge in [-0.2, -0.15) is 0 Å². The Labute approximate surface area is 156 Å². The number of nitrogens with one attached hydrogen (secondary N) is 1. The number of benzene rings is 1. The van der Waals surface area contributed by atoms with Crippen LogP contribution >= 0.6 is 46.4 Å². The second-order valence-electron chi connectivity index (χ2n) is 4.77. The van der Waals surface area contributed by atoms with Crippen LogP contribution in [0.25, 0.3) is 11.2 Å². The van der Waals surface area contributed by atoms with E-state index in [1.807, 2.05) is 0 Å². The van der Waals surface area contributed by atoms with Crippen molar-refractivity contribution >= 4 is 63.5 Å². The van der Waals surface area contributed by atoms with Crippen LogP contribution in [0.1, 0.15) is 16.5 Å². The molecule has 0 aliphatic heterocycles. The minimum Gasteiger partial charge on any atom is -0.328 e. The summed E-state index contributed by atoms with van der Waals surface area (Å²) in [6, 6.07) is 8.56. The van der Waals surface area contributed by atoms with Crippen molar-refractivity contribution in [1.82, 2.24) is 24.8 Å². The first-order chi connectivity index (χ1) is 11.4. The van der Waals surface area contributed by atoms with Crippen LogP contribution in [-0.4, -0.2) is 29.2 Å². The molecule has 0 fully saturated rings. The molecule has 1 amide bonds. The number of carbonyl (C=O) groups is 1. The molecule has 0 saturated carbocycles. The molecule has 24 heavy (non-hydrogen) atoms. The van der Waals surface area contributed by atoms with Gasteiger partial charge in [-0.3, -0.25) is 9.36 Å². The lowest BCUT2D eigenvalue weighted by molar-refractivity contribution is 0.0921. The molecule has 6 nitrogen and oxygen atoms in total. The molecule has 0 saturated heterocycles. The highest BCUT2D eigenvalue weighted by Gasteiger charge is 2.37. The monoisotopic (exact) mass is 403 g/mol. The Morgan fingerprint density at radius 1 is 1.12 bits per heavy atom. The third kappa shape index (κ3) is 3.42. The first-order valence-corrected chi connectivity index (χ1v) is 8.15. The molecule has 0 bridgehead atoms. The van der Waals surface area contributed by atoms with Crippen molar-refractivity contribution < 1.29 is 4.79 Å². The normalized spacial score (nSPS) is 13.0. The van der Waals surface area contributed by atoms with E-state index in [9.17, 15) is 4.79 Å². The SMILES string of the molecule is O=C(NC(n1cnc2c(Cl)ncnc21)C(Cl)(Cl)Cl)c1ccccc1. The summed E-state index contributed by atoms with van der Waals surface area (Å²) < 4.78 is -0.424. The maximum Gasteiger partial charge on any atom is 0.253 e. The molecule has 1 N–H and O–H groups in total. The smallest absolute Gasteiger partial charge is 0.253 e. The summed E-state index contributed by atoms with van der Waals surface area (Å²) >= 11 is 24.1. The number of hydrogen-bond donors (Lipinski definition) is 1. The molecular weight excluding hydrogens is 396 g/mol. The second-order valence-corrected chi connectivity index (χ2v) is 7.50. The summed E-state index contributed by atoms with van der Waals surface area (Å²) in [6.07, 6.45) is 1.59. The number of carbonyl (C=O) groups excluding carboxylic acids is 1. The molecule has 10 heteroatoms. The zero-order valence-corrected chi connectivity index (χ0v) is 14.9. The van der Waals surface area contributed by atoms with Crippen molar-refractivity contribution in [2.45, 2.75) is 9.96 Å². The zero-order valence-electron chi connectivity index (χ0n) is 11.8. The summed E-state index contributed by atoms with van der Waals surface area (Å²) in [4.78, 5) is 24.5. The van der Waals surface area contributed by atoms with Crippen LogP contribution in [0.2, 0.25) is 5.15 Å². The summed E-state index contributed by atoms with van der Waals surface area (Å²) in [6.45, 7) is 0. The summed E-state index contributed by atoms with van der Waals surface area (Å²) in [5.74, 6) is -0.408. The minimum atomic E-state index is -1.85. The van der Waals surface area contributed by atoms with E-state index in [0.717, 1.165) is 0 Å². The number of aromatic nitrogens is 4. The molecule has 0 aliphatic rings. The molecule has 3 aromatic rings. The highest BCUT2D eigenvalue weighted by Crippen LogP contribution is 2.38. The van der Waals surface area contributed by atoms with Crippen LogP contribution in [-0.2, 0) is 0 Å². The minimum absolute atomic E-state index is 0.163.